The molecule has 3 N–H and O–H groups in total. The molecule has 0 saturated heterocycles. The van der Waals surface area contributed by atoms with Gasteiger partial charge in [-0.05, 0) is 18.4 Å². The number of benzene rings is 1. The van der Waals surface area contributed by atoms with E-state index in [1.807, 2.05) is 0 Å². The van der Waals surface area contributed by atoms with E-state index in [1.165, 1.54) is 0 Å². The van der Waals surface area contributed by atoms with Crippen LogP contribution in [0.5, 0.6) is 0 Å². The average Bonchev–Trinajstić information content (AvgIpc) is 2.74. The second-order valence-corrected chi connectivity index (χ2v) is 5.50. The van der Waals surface area contributed by atoms with Gasteiger partial charge in [0.2, 0.25) is 5.16 Å². The van der Waals surface area contributed by atoms with Crippen molar-refractivity contribution in [2.45, 2.75) is 11.7 Å². The van der Waals surface area contributed by atoms with Crippen LogP contribution in [0.15, 0.2) is 28.2 Å². The van der Waals surface area contributed by atoms with Crippen LogP contribution in [-0.2, 0) is 6.54 Å². The zero-order valence-electron chi connectivity index (χ0n) is 10.8. The Labute approximate surface area is 134 Å². The zero-order chi connectivity index (χ0) is 15.6. The molecule has 112 valence electrons. The largest absolute Gasteiger partial charge is 0.374 e. The Kier molecular flexibility index (Phi) is 4.81. The predicted octanol–water partition coefficient (Wildman–Crippen LogP) is 1.55. The number of amides is 1. The van der Waals surface area contributed by atoms with Crippen LogP contribution in [0, 0.1) is 0 Å². The number of aromatic nitrogens is 3. The number of nitrogens with one attached hydrogen (secondary N) is 1. The molecule has 0 bridgehead atoms. The van der Waals surface area contributed by atoms with E-state index in [0.717, 1.165) is 16.4 Å². The second-order valence-electron chi connectivity index (χ2n) is 3.91. The summed E-state index contributed by atoms with van der Waals surface area (Å²) in [5, 5.41) is 7.40. The van der Waals surface area contributed by atoms with Crippen molar-refractivity contribution in [1.29, 1.82) is 0 Å². The van der Waals surface area contributed by atoms with E-state index in [9.17, 15) is 9.59 Å². The number of carbonyl (C=O) groups is 1. The highest BCUT2D eigenvalue weighted by Crippen LogP contribution is 2.23. The number of rotatable bonds is 3. The molecule has 7 nitrogen and oxygen atoms in total. The molecule has 0 radical (unpaired) electrons. The molecule has 2 rings (SSSR count). The topological polar surface area (TPSA) is 94.9 Å². The summed E-state index contributed by atoms with van der Waals surface area (Å²) >= 11 is 13.1. The third kappa shape index (κ3) is 3.17. The number of hydrogen-bond donors (Lipinski definition) is 2. The maximum absolute atomic E-state index is 12.0. The Bertz CT molecular complexity index is 722. The molecular formula is C11H11Cl2N5O2S. The van der Waals surface area contributed by atoms with Crippen molar-refractivity contribution in [1.82, 2.24) is 19.8 Å². The van der Waals surface area contributed by atoms with Gasteiger partial charge in [-0.1, -0.05) is 41.0 Å². The number of hydrogen-bond acceptors (Lipinski definition) is 5. The number of nitrogens with zero attached hydrogens (tertiary/aromatic N) is 3. The smallest absolute Gasteiger partial charge is 0.333 e. The summed E-state index contributed by atoms with van der Waals surface area (Å²) in [6.45, 7) is 0.0653. The summed E-state index contributed by atoms with van der Waals surface area (Å²) < 4.78 is 1.45. The molecule has 0 saturated carbocycles. The van der Waals surface area contributed by atoms with Gasteiger partial charge in [0, 0.05) is 22.2 Å². The average molecular weight is 348 g/mol. The Hall–Kier alpha value is -1.64. The van der Waals surface area contributed by atoms with Gasteiger partial charge in [0.05, 0.1) is 0 Å². The lowest BCUT2D eigenvalue weighted by Gasteiger charge is -2.07. The van der Waals surface area contributed by atoms with Crippen molar-refractivity contribution in [3.05, 3.63) is 44.3 Å². The summed E-state index contributed by atoms with van der Waals surface area (Å²) in [5.41, 5.74) is -0.179. The molecule has 2 aromatic rings. The lowest BCUT2D eigenvalue weighted by Crippen LogP contribution is -2.39. The first-order valence-corrected chi connectivity index (χ1v) is 7.66. The third-order valence-corrected chi connectivity index (χ3v) is 3.98. The quantitative estimate of drug-likeness (QED) is 0.648. The van der Waals surface area contributed by atoms with E-state index >= 15 is 0 Å². The fourth-order valence-corrected chi connectivity index (χ4v) is 2.54. The van der Waals surface area contributed by atoms with Crippen molar-refractivity contribution in [3.63, 3.8) is 0 Å². The van der Waals surface area contributed by atoms with Gasteiger partial charge in [-0.15, -0.1) is 9.78 Å². The first kappa shape index (κ1) is 15.7. The van der Waals surface area contributed by atoms with E-state index in [4.69, 9.17) is 29.0 Å². The first-order valence-electron chi connectivity index (χ1n) is 5.68. The third-order valence-electron chi connectivity index (χ3n) is 2.63. The van der Waals surface area contributed by atoms with Gasteiger partial charge in [-0.3, -0.25) is 0 Å². The van der Waals surface area contributed by atoms with Crippen LogP contribution in [0.2, 0.25) is 10.0 Å². The van der Waals surface area contributed by atoms with Crippen LogP contribution in [0.3, 0.4) is 0 Å². The molecule has 10 heteroatoms. The van der Waals surface area contributed by atoms with Gasteiger partial charge in [-0.25, -0.2) is 9.59 Å². The van der Waals surface area contributed by atoms with Crippen LogP contribution in [0.1, 0.15) is 5.56 Å². The Morgan fingerprint density at radius 2 is 2.05 bits per heavy atom. The molecule has 0 fully saturated rings. The normalized spacial score (nSPS) is 10.6. The molecule has 0 atom stereocenters. The molecule has 0 spiro atoms. The van der Waals surface area contributed by atoms with Gasteiger partial charge < -0.3 is 11.2 Å². The molecule has 0 aliphatic carbocycles. The highest BCUT2D eigenvalue weighted by molar-refractivity contribution is 7.98. The Morgan fingerprint density at radius 1 is 1.43 bits per heavy atom. The predicted molar refractivity (Wildman–Crippen MR) is 82.5 cm³/mol. The van der Waals surface area contributed by atoms with Crippen molar-refractivity contribution < 1.29 is 4.79 Å². The number of halogens is 2. The molecule has 0 aliphatic rings. The summed E-state index contributed by atoms with van der Waals surface area (Å²) in [6.07, 6.45) is 1.69. The molecule has 1 amide bonds. The zero-order valence-corrected chi connectivity index (χ0v) is 13.2. The van der Waals surface area contributed by atoms with Crippen LogP contribution in [0.25, 0.3) is 0 Å². The molecule has 0 aliphatic heterocycles. The Balaban J connectivity index is 2.18. The van der Waals surface area contributed by atoms with Gasteiger partial charge in [0.1, 0.15) is 0 Å². The molecule has 0 unspecified atom stereocenters. The number of nitrogens with two attached hydrogens (primary N) is 1. The van der Waals surface area contributed by atoms with Crippen LogP contribution in [0.4, 0.5) is 4.79 Å². The lowest BCUT2D eigenvalue weighted by atomic mass is 10.2. The second kappa shape index (κ2) is 6.42. The van der Waals surface area contributed by atoms with Gasteiger partial charge in [-0.2, -0.15) is 4.68 Å². The van der Waals surface area contributed by atoms with E-state index in [-0.39, 0.29) is 11.7 Å². The maximum atomic E-state index is 12.0. The van der Waals surface area contributed by atoms with Crippen molar-refractivity contribution in [3.8, 4) is 0 Å². The monoisotopic (exact) mass is 347 g/mol. The Morgan fingerprint density at radius 3 is 2.57 bits per heavy atom. The molecule has 1 aromatic carbocycles. The summed E-state index contributed by atoms with van der Waals surface area (Å²) in [7, 11) is 0. The number of thioether (sulfide) groups is 1. The van der Waals surface area contributed by atoms with Gasteiger partial charge in [0.25, 0.3) is 0 Å². The van der Waals surface area contributed by atoms with E-state index < -0.39 is 11.7 Å². The van der Waals surface area contributed by atoms with Crippen LogP contribution in [-0.4, -0.2) is 26.7 Å². The minimum atomic E-state index is -0.734. The molecular weight excluding hydrogens is 337 g/mol. The van der Waals surface area contributed by atoms with Crippen LogP contribution >= 0.6 is 35.0 Å². The number of nitrogen functional groups attached to an aromatic ring is 1. The van der Waals surface area contributed by atoms with Crippen molar-refractivity contribution >= 4 is 41.0 Å². The minimum absolute atomic E-state index is 0.0653. The summed E-state index contributed by atoms with van der Waals surface area (Å²) in [6, 6.07) is 4.29. The van der Waals surface area contributed by atoms with Gasteiger partial charge >= 0.3 is 11.7 Å². The van der Waals surface area contributed by atoms with Crippen molar-refractivity contribution in [2.75, 3.05) is 12.1 Å². The SMILES string of the molecule is CSc1nn(C(=O)NCc2c(Cl)cccc2Cl)c(=O)n1N. The molecule has 1 heterocycles. The maximum Gasteiger partial charge on any atom is 0.374 e. The summed E-state index contributed by atoms with van der Waals surface area (Å²) in [5.74, 6) is 5.49. The highest BCUT2D eigenvalue weighted by atomic mass is 35.5. The molecule has 1 aromatic heterocycles. The number of carbonyl (C=O) groups excluding carboxylic acids is 1. The first-order chi connectivity index (χ1) is 9.95. The summed E-state index contributed by atoms with van der Waals surface area (Å²) in [4.78, 5) is 23.7. The fraction of sp³-hybridized carbons (Fsp3) is 0.182. The minimum Gasteiger partial charge on any atom is -0.333 e. The van der Waals surface area contributed by atoms with E-state index in [0.29, 0.717) is 20.3 Å². The standard InChI is InChI=1S/C11H11Cl2N5O2S/c1-21-10-16-18(11(20)17(10)14)9(19)15-5-6-7(12)3-2-4-8(6)13/h2-4H,5,14H2,1H3,(H,15,19). The molecule has 21 heavy (non-hydrogen) atoms. The van der Waals surface area contributed by atoms with Crippen molar-refractivity contribution in [2.24, 2.45) is 0 Å². The lowest BCUT2D eigenvalue weighted by molar-refractivity contribution is 0.238. The fourth-order valence-electron chi connectivity index (χ4n) is 1.57. The van der Waals surface area contributed by atoms with Gasteiger partial charge in [0.15, 0.2) is 0 Å². The highest BCUT2D eigenvalue weighted by Gasteiger charge is 2.16. The van der Waals surface area contributed by atoms with E-state index in [1.54, 1.807) is 24.5 Å². The van der Waals surface area contributed by atoms with E-state index in [2.05, 4.69) is 10.4 Å². The van der Waals surface area contributed by atoms with Crippen LogP contribution < -0.4 is 16.8 Å².